The van der Waals surface area contributed by atoms with Crippen LogP contribution in [0.3, 0.4) is 0 Å². The Kier molecular flexibility index (Phi) is 5.06. The van der Waals surface area contributed by atoms with Crippen LogP contribution in [0, 0.1) is 5.92 Å². The van der Waals surface area contributed by atoms with E-state index in [9.17, 15) is 13.2 Å². The Hall–Kier alpha value is -1.60. The summed E-state index contributed by atoms with van der Waals surface area (Å²) in [6.45, 7) is 7.17. The number of likely N-dealkylation sites (N-methyl/N-ethyl adjacent to an activating group) is 1. The van der Waals surface area contributed by atoms with Crippen LogP contribution in [0.5, 0.6) is 5.75 Å². The van der Waals surface area contributed by atoms with Gasteiger partial charge in [-0.25, -0.2) is 8.42 Å². The van der Waals surface area contributed by atoms with Gasteiger partial charge in [-0.1, -0.05) is 32.9 Å². The van der Waals surface area contributed by atoms with Crippen molar-refractivity contribution in [3.05, 3.63) is 24.3 Å². The number of likely N-dealkylation sites (tertiary alicyclic amines) is 1. The second kappa shape index (κ2) is 6.96. The summed E-state index contributed by atoms with van der Waals surface area (Å²) in [7, 11) is -3.61. The minimum absolute atomic E-state index is 0.0597. The summed E-state index contributed by atoms with van der Waals surface area (Å²) >= 11 is 0. The van der Waals surface area contributed by atoms with Crippen molar-refractivity contribution >= 4 is 15.9 Å². The summed E-state index contributed by atoms with van der Waals surface area (Å²) < 4.78 is 33.9. The zero-order valence-corrected chi connectivity index (χ0v) is 15.8. The van der Waals surface area contributed by atoms with E-state index >= 15 is 0 Å². The molecule has 2 aliphatic heterocycles. The van der Waals surface area contributed by atoms with Gasteiger partial charge in [0.1, 0.15) is 16.7 Å². The lowest BCUT2D eigenvalue weighted by atomic mass is 10.1. The Morgan fingerprint density at radius 2 is 1.92 bits per heavy atom. The van der Waals surface area contributed by atoms with E-state index in [2.05, 4.69) is 0 Å². The number of amides is 1. The molecule has 0 saturated carbocycles. The highest BCUT2D eigenvalue weighted by Crippen LogP contribution is 2.36. The number of para-hydroxylation sites is 1. The van der Waals surface area contributed by atoms with E-state index in [0.29, 0.717) is 38.2 Å². The molecule has 1 saturated heterocycles. The third kappa shape index (κ3) is 3.27. The lowest BCUT2D eigenvalue weighted by Crippen LogP contribution is -2.47. The highest BCUT2D eigenvalue weighted by molar-refractivity contribution is 7.89. The van der Waals surface area contributed by atoms with Crippen LogP contribution in [0.1, 0.15) is 33.6 Å². The lowest BCUT2D eigenvalue weighted by molar-refractivity contribution is -0.134. The third-order valence-electron chi connectivity index (χ3n) is 5.01. The molecule has 25 heavy (non-hydrogen) atoms. The van der Waals surface area contributed by atoms with Crippen molar-refractivity contribution in [2.75, 3.05) is 19.6 Å². The zero-order valence-electron chi connectivity index (χ0n) is 15.0. The standard InChI is InChI=1S/C18H26N2O4S/c1-4-20-14-9-11-19(18(21)13(2)3)12-10-15(14)24-16-7-5-6-8-17(16)25(20,22)23/h5-8,13-15H,4,9-12H2,1-3H3/t14-,15-/m0/s1. The quantitative estimate of drug-likeness (QED) is 0.804. The van der Waals surface area contributed by atoms with Gasteiger partial charge in [0.25, 0.3) is 0 Å². The summed E-state index contributed by atoms with van der Waals surface area (Å²) in [5, 5.41) is 0. The average molecular weight is 366 g/mol. The average Bonchev–Trinajstić information content (AvgIpc) is 2.82. The van der Waals surface area contributed by atoms with Crippen molar-refractivity contribution in [2.24, 2.45) is 5.92 Å². The van der Waals surface area contributed by atoms with Gasteiger partial charge < -0.3 is 9.64 Å². The molecule has 0 aliphatic carbocycles. The first kappa shape index (κ1) is 18.2. The van der Waals surface area contributed by atoms with Gasteiger partial charge >= 0.3 is 0 Å². The van der Waals surface area contributed by atoms with Crippen molar-refractivity contribution in [3.63, 3.8) is 0 Å². The van der Waals surface area contributed by atoms with Crippen molar-refractivity contribution < 1.29 is 17.9 Å². The predicted molar refractivity (Wildman–Crippen MR) is 94.9 cm³/mol. The van der Waals surface area contributed by atoms with Gasteiger partial charge in [0.05, 0.1) is 6.04 Å². The molecule has 0 radical (unpaired) electrons. The van der Waals surface area contributed by atoms with Crippen LogP contribution in [0.15, 0.2) is 29.2 Å². The molecule has 0 aromatic heterocycles. The first-order valence-electron chi connectivity index (χ1n) is 8.92. The maximum absolute atomic E-state index is 13.1. The van der Waals surface area contributed by atoms with Crippen LogP contribution in [0.25, 0.3) is 0 Å². The molecule has 0 unspecified atom stereocenters. The molecular formula is C18H26N2O4S. The summed E-state index contributed by atoms with van der Waals surface area (Å²) in [4.78, 5) is 14.4. The molecule has 0 N–H and O–H groups in total. The number of carbonyl (C=O) groups excluding carboxylic acids is 1. The van der Waals surface area contributed by atoms with Gasteiger partial charge in [0, 0.05) is 32.0 Å². The molecule has 1 aromatic rings. The number of sulfonamides is 1. The number of hydrogen-bond donors (Lipinski definition) is 0. The summed E-state index contributed by atoms with van der Waals surface area (Å²) in [6, 6.07) is 6.57. The molecule has 6 nitrogen and oxygen atoms in total. The monoisotopic (exact) mass is 366 g/mol. The fourth-order valence-corrected chi connectivity index (χ4v) is 5.56. The normalized spacial score (nSPS) is 26.2. The summed E-state index contributed by atoms with van der Waals surface area (Å²) in [5.41, 5.74) is 0. The van der Waals surface area contributed by atoms with E-state index in [1.165, 1.54) is 0 Å². The maximum atomic E-state index is 13.1. The van der Waals surface area contributed by atoms with Gasteiger partial charge in [-0.15, -0.1) is 0 Å². The topological polar surface area (TPSA) is 66.9 Å². The van der Waals surface area contributed by atoms with Crippen LogP contribution < -0.4 is 4.74 Å². The SMILES string of the molecule is CCN1[C@H]2CCN(C(=O)C(C)C)CC[C@@H]2Oc2ccccc2S1(=O)=O. The van der Waals surface area contributed by atoms with Gasteiger partial charge in [-0.2, -0.15) is 4.31 Å². The van der Waals surface area contributed by atoms with Crippen molar-refractivity contribution in [3.8, 4) is 5.75 Å². The highest BCUT2D eigenvalue weighted by Gasteiger charge is 2.42. The maximum Gasteiger partial charge on any atom is 0.247 e. The fourth-order valence-electron chi connectivity index (χ4n) is 3.75. The molecular weight excluding hydrogens is 340 g/mol. The molecule has 2 aliphatic rings. The van der Waals surface area contributed by atoms with E-state index in [1.54, 1.807) is 28.6 Å². The van der Waals surface area contributed by atoms with Gasteiger partial charge in [0.2, 0.25) is 15.9 Å². The Balaban J connectivity index is 1.96. The number of fused-ring (bicyclic) bond motifs is 2. The molecule has 1 aromatic carbocycles. The number of carbonyl (C=O) groups is 1. The van der Waals surface area contributed by atoms with Crippen molar-refractivity contribution in [1.82, 2.24) is 9.21 Å². The van der Waals surface area contributed by atoms with Crippen LogP contribution in [-0.4, -0.2) is 55.3 Å². The van der Waals surface area contributed by atoms with Gasteiger partial charge in [-0.3, -0.25) is 4.79 Å². The van der Waals surface area contributed by atoms with Gasteiger partial charge in [0.15, 0.2) is 0 Å². The number of hydrogen-bond acceptors (Lipinski definition) is 4. The molecule has 1 amide bonds. The van der Waals surface area contributed by atoms with Crippen molar-refractivity contribution in [1.29, 1.82) is 0 Å². The molecule has 0 bridgehead atoms. The smallest absolute Gasteiger partial charge is 0.247 e. The fraction of sp³-hybridized carbons (Fsp3) is 0.611. The second-order valence-electron chi connectivity index (χ2n) is 6.94. The number of nitrogens with zero attached hydrogens (tertiary/aromatic N) is 2. The van der Waals surface area contributed by atoms with Crippen LogP contribution >= 0.6 is 0 Å². The largest absolute Gasteiger partial charge is 0.487 e. The van der Waals surface area contributed by atoms with E-state index in [4.69, 9.17) is 4.74 Å². The van der Waals surface area contributed by atoms with Crippen molar-refractivity contribution in [2.45, 2.75) is 50.7 Å². The van der Waals surface area contributed by atoms with E-state index in [0.717, 1.165) is 0 Å². The molecule has 2 heterocycles. The summed E-state index contributed by atoms with van der Waals surface area (Å²) in [5.74, 6) is 0.468. The Morgan fingerprint density at radius 1 is 1.24 bits per heavy atom. The van der Waals surface area contributed by atoms with Crippen LogP contribution in [0.4, 0.5) is 0 Å². The first-order valence-corrected chi connectivity index (χ1v) is 10.4. The minimum Gasteiger partial charge on any atom is -0.487 e. The second-order valence-corrected chi connectivity index (χ2v) is 8.80. The molecule has 138 valence electrons. The molecule has 3 rings (SSSR count). The van der Waals surface area contributed by atoms with E-state index in [1.807, 2.05) is 25.7 Å². The minimum atomic E-state index is -3.61. The molecule has 2 atom stereocenters. The van der Waals surface area contributed by atoms with Crippen LogP contribution in [-0.2, 0) is 14.8 Å². The van der Waals surface area contributed by atoms with Gasteiger partial charge in [-0.05, 0) is 18.6 Å². The highest BCUT2D eigenvalue weighted by atomic mass is 32.2. The Bertz CT molecular complexity index is 747. The number of ether oxygens (including phenoxy) is 1. The van der Waals surface area contributed by atoms with Crippen LogP contribution in [0.2, 0.25) is 0 Å². The number of benzene rings is 1. The molecule has 0 spiro atoms. The summed E-state index contributed by atoms with van der Waals surface area (Å²) in [6.07, 6.45) is 0.969. The predicted octanol–water partition coefficient (Wildman–Crippen LogP) is 2.11. The number of rotatable bonds is 2. The van der Waals surface area contributed by atoms with E-state index in [-0.39, 0.29) is 28.9 Å². The third-order valence-corrected chi connectivity index (χ3v) is 7.05. The molecule has 7 heteroatoms. The zero-order chi connectivity index (χ0) is 18.2. The first-order chi connectivity index (χ1) is 11.9. The van der Waals surface area contributed by atoms with E-state index < -0.39 is 10.0 Å². The Labute approximate surface area is 149 Å². The lowest BCUT2D eigenvalue weighted by Gasteiger charge is -2.30. The molecule has 1 fully saturated rings. The Morgan fingerprint density at radius 3 is 2.60 bits per heavy atom.